The molecule has 0 saturated heterocycles. The van der Waals surface area contributed by atoms with Crippen molar-refractivity contribution in [3.8, 4) is 11.4 Å². The molecular formula is C24H24N6O4S. The number of para-hydroxylation sites is 1. The Morgan fingerprint density at radius 3 is 2.43 bits per heavy atom. The number of methoxy groups -OCH3 is 1. The van der Waals surface area contributed by atoms with Crippen molar-refractivity contribution < 1.29 is 17.9 Å². The van der Waals surface area contributed by atoms with Crippen molar-refractivity contribution in [3.05, 3.63) is 83.2 Å². The van der Waals surface area contributed by atoms with Crippen LogP contribution in [0, 0.1) is 20.8 Å². The third kappa shape index (κ3) is 4.99. The first kappa shape index (κ1) is 23.9. The molecule has 4 aromatic rings. The Kier molecular flexibility index (Phi) is 6.52. The van der Waals surface area contributed by atoms with E-state index in [2.05, 4.69) is 25.6 Å². The van der Waals surface area contributed by atoms with Gasteiger partial charge in [0.25, 0.3) is 15.9 Å². The SMILES string of the molecule is COc1ccc(NC(=O)c2cc(S(=O)(=O)Nc3ccccc3C)ccc2C)cc1-n1nnnc1C. The van der Waals surface area contributed by atoms with Crippen LogP contribution in [0.1, 0.15) is 27.3 Å². The Morgan fingerprint density at radius 1 is 0.971 bits per heavy atom. The summed E-state index contributed by atoms with van der Waals surface area (Å²) >= 11 is 0. The lowest BCUT2D eigenvalue weighted by Gasteiger charge is -2.14. The van der Waals surface area contributed by atoms with Gasteiger partial charge in [0.15, 0.2) is 5.82 Å². The van der Waals surface area contributed by atoms with Crippen LogP contribution in [0.3, 0.4) is 0 Å². The number of sulfonamides is 1. The molecule has 0 spiro atoms. The highest BCUT2D eigenvalue weighted by Gasteiger charge is 2.20. The summed E-state index contributed by atoms with van der Waals surface area (Å²) in [7, 11) is -2.38. The zero-order chi connectivity index (χ0) is 25.2. The Balaban J connectivity index is 1.63. The number of ether oxygens (including phenoxy) is 1. The second kappa shape index (κ2) is 9.55. The van der Waals surface area contributed by atoms with Gasteiger partial charge in [0.1, 0.15) is 11.4 Å². The zero-order valence-electron chi connectivity index (χ0n) is 19.6. The Labute approximate surface area is 203 Å². The van der Waals surface area contributed by atoms with Gasteiger partial charge < -0.3 is 10.1 Å². The number of nitrogens with one attached hydrogen (secondary N) is 2. The number of benzene rings is 3. The van der Waals surface area contributed by atoms with Gasteiger partial charge >= 0.3 is 0 Å². The summed E-state index contributed by atoms with van der Waals surface area (Å²) in [5.41, 5.74) is 3.13. The number of anilines is 2. The summed E-state index contributed by atoms with van der Waals surface area (Å²) in [6.45, 7) is 5.29. The average Bonchev–Trinajstić information content (AvgIpc) is 3.26. The maximum absolute atomic E-state index is 13.1. The number of hydrogen-bond donors (Lipinski definition) is 2. The average molecular weight is 493 g/mol. The summed E-state index contributed by atoms with van der Waals surface area (Å²) in [6.07, 6.45) is 0. The first-order chi connectivity index (χ1) is 16.7. The summed E-state index contributed by atoms with van der Waals surface area (Å²) < 4.78 is 35.5. The van der Waals surface area contributed by atoms with Crippen LogP contribution in [0.25, 0.3) is 5.69 Å². The first-order valence-corrected chi connectivity index (χ1v) is 12.1. The number of tetrazole rings is 1. The van der Waals surface area contributed by atoms with E-state index < -0.39 is 15.9 Å². The molecule has 0 aliphatic heterocycles. The molecule has 1 amide bonds. The minimum atomic E-state index is -3.90. The van der Waals surface area contributed by atoms with Crippen LogP contribution in [0.5, 0.6) is 5.75 Å². The first-order valence-electron chi connectivity index (χ1n) is 10.6. The molecule has 180 valence electrons. The van der Waals surface area contributed by atoms with Crippen LogP contribution < -0.4 is 14.8 Å². The Bertz CT molecular complexity index is 1510. The minimum Gasteiger partial charge on any atom is -0.494 e. The minimum absolute atomic E-state index is 0.0174. The number of aromatic nitrogens is 4. The van der Waals surface area contributed by atoms with Crippen molar-refractivity contribution in [2.75, 3.05) is 17.1 Å². The zero-order valence-corrected chi connectivity index (χ0v) is 20.4. The van der Waals surface area contributed by atoms with Gasteiger partial charge in [-0.1, -0.05) is 24.3 Å². The van der Waals surface area contributed by atoms with Crippen molar-refractivity contribution in [3.63, 3.8) is 0 Å². The van der Waals surface area contributed by atoms with Crippen molar-refractivity contribution >= 4 is 27.3 Å². The molecule has 1 heterocycles. The number of amides is 1. The molecule has 0 unspecified atom stereocenters. The van der Waals surface area contributed by atoms with Crippen LogP contribution in [-0.4, -0.2) is 41.6 Å². The highest BCUT2D eigenvalue weighted by molar-refractivity contribution is 7.92. The highest BCUT2D eigenvalue weighted by atomic mass is 32.2. The van der Waals surface area contributed by atoms with Gasteiger partial charge in [0.05, 0.1) is 17.7 Å². The van der Waals surface area contributed by atoms with Crippen molar-refractivity contribution in [2.45, 2.75) is 25.7 Å². The molecule has 0 radical (unpaired) electrons. The van der Waals surface area contributed by atoms with Gasteiger partial charge in [-0.15, -0.1) is 5.10 Å². The molecule has 1 aromatic heterocycles. The predicted octanol–water partition coefficient (Wildman–Crippen LogP) is 3.65. The number of nitrogens with zero attached hydrogens (tertiary/aromatic N) is 4. The van der Waals surface area contributed by atoms with E-state index in [0.717, 1.165) is 5.56 Å². The fourth-order valence-electron chi connectivity index (χ4n) is 3.49. The monoisotopic (exact) mass is 492 g/mol. The van der Waals surface area contributed by atoms with Crippen LogP contribution in [-0.2, 0) is 10.0 Å². The van der Waals surface area contributed by atoms with Gasteiger partial charge in [0.2, 0.25) is 0 Å². The molecule has 0 fully saturated rings. The molecule has 10 nitrogen and oxygen atoms in total. The lowest BCUT2D eigenvalue weighted by molar-refractivity contribution is 0.102. The van der Waals surface area contributed by atoms with E-state index in [1.54, 1.807) is 50.2 Å². The largest absolute Gasteiger partial charge is 0.494 e. The van der Waals surface area contributed by atoms with E-state index in [1.807, 2.05) is 19.1 Å². The maximum atomic E-state index is 13.1. The third-order valence-electron chi connectivity index (χ3n) is 5.44. The quantitative estimate of drug-likeness (QED) is 0.403. The van der Waals surface area contributed by atoms with Gasteiger partial charge in [-0.3, -0.25) is 9.52 Å². The van der Waals surface area contributed by atoms with E-state index in [1.165, 1.54) is 23.9 Å². The summed E-state index contributed by atoms with van der Waals surface area (Å²) in [5.74, 6) is 0.603. The third-order valence-corrected chi connectivity index (χ3v) is 6.81. The second-order valence-corrected chi connectivity index (χ2v) is 9.56. The van der Waals surface area contributed by atoms with Gasteiger partial charge in [-0.05, 0) is 78.7 Å². The van der Waals surface area contributed by atoms with E-state index in [-0.39, 0.29) is 10.5 Å². The lowest BCUT2D eigenvalue weighted by Crippen LogP contribution is -2.17. The fraction of sp³-hybridized carbons (Fsp3) is 0.167. The smallest absolute Gasteiger partial charge is 0.261 e. The molecule has 0 aliphatic rings. The standard InChI is InChI=1S/C24H24N6O4S/c1-15-9-11-19(35(32,33)27-21-8-6-5-7-16(21)2)14-20(15)24(31)25-18-10-12-23(34-4)22(13-18)30-17(3)26-28-29-30/h5-14,27H,1-4H3,(H,25,31). The van der Waals surface area contributed by atoms with Gasteiger partial charge in [-0.25, -0.2) is 8.42 Å². The number of aryl methyl sites for hydroxylation is 3. The molecule has 0 atom stereocenters. The molecular weight excluding hydrogens is 468 g/mol. The molecule has 35 heavy (non-hydrogen) atoms. The van der Waals surface area contributed by atoms with Gasteiger partial charge in [0, 0.05) is 11.3 Å². The Morgan fingerprint density at radius 2 is 1.74 bits per heavy atom. The maximum Gasteiger partial charge on any atom is 0.261 e. The van der Waals surface area contributed by atoms with Crippen LogP contribution >= 0.6 is 0 Å². The van der Waals surface area contributed by atoms with E-state index in [4.69, 9.17) is 4.74 Å². The summed E-state index contributed by atoms with van der Waals surface area (Å²) in [5, 5.41) is 14.3. The number of rotatable bonds is 7. The molecule has 2 N–H and O–H groups in total. The molecule has 0 bridgehead atoms. The van der Waals surface area contributed by atoms with Gasteiger partial charge in [-0.2, -0.15) is 4.68 Å². The Hall–Kier alpha value is -4.25. The van der Waals surface area contributed by atoms with Crippen LogP contribution in [0.4, 0.5) is 11.4 Å². The summed E-state index contributed by atoms with van der Waals surface area (Å²) in [6, 6.07) is 16.5. The van der Waals surface area contributed by atoms with E-state index in [0.29, 0.717) is 34.2 Å². The van der Waals surface area contributed by atoms with Crippen LogP contribution in [0.2, 0.25) is 0 Å². The van der Waals surface area contributed by atoms with E-state index in [9.17, 15) is 13.2 Å². The van der Waals surface area contributed by atoms with Crippen molar-refractivity contribution in [2.24, 2.45) is 0 Å². The number of hydrogen-bond acceptors (Lipinski definition) is 7. The number of carbonyl (C=O) groups excluding carboxylic acids is 1. The molecule has 4 rings (SSSR count). The summed E-state index contributed by atoms with van der Waals surface area (Å²) in [4.78, 5) is 13.1. The van der Waals surface area contributed by atoms with Crippen molar-refractivity contribution in [1.29, 1.82) is 0 Å². The van der Waals surface area contributed by atoms with Crippen molar-refractivity contribution in [1.82, 2.24) is 20.2 Å². The molecule has 3 aromatic carbocycles. The number of carbonyl (C=O) groups is 1. The molecule has 0 saturated carbocycles. The lowest BCUT2D eigenvalue weighted by atomic mass is 10.1. The highest BCUT2D eigenvalue weighted by Crippen LogP contribution is 2.27. The van der Waals surface area contributed by atoms with E-state index >= 15 is 0 Å². The molecule has 0 aliphatic carbocycles. The predicted molar refractivity (Wildman–Crippen MR) is 132 cm³/mol. The fourth-order valence-corrected chi connectivity index (χ4v) is 4.65. The normalized spacial score (nSPS) is 11.2. The van der Waals surface area contributed by atoms with Crippen LogP contribution in [0.15, 0.2) is 65.6 Å². The second-order valence-electron chi connectivity index (χ2n) is 7.88. The molecule has 11 heteroatoms. The topological polar surface area (TPSA) is 128 Å².